The molecule has 0 aromatic heterocycles. The molecule has 1 rings (SSSR count). The standard InChI is InChI=1S/C11H20N2O5S/c1-12(6-7-19(2,17)18)11(16)13-5-3-4-9(8-13)10(14)15/h9H,3-8H2,1-2H3,(H,14,15)/t9-/m0/s1. The zero-order chi connectivity index (χ0) is 14.6. The van der Waals surface area contributed by atoms with Crippen molar-refractivity contribution >= 4 is 21.8 Å². The largest absolute Gasteiger partial charge is 0.481 e. The van der Waals surface area contributed by atoms with Gasteiger partial charge in [-0.05, 0) is 12.8 Å². The molecule has 8 heteroatoms. The van der Waals surface area contributed by atoms with E-state index >= 15 is 0 Å². The molecule has 2 amide bonds. The van der Waals surface area contributed by atoms with Crippen LogP contribution in [0.2, 0.25) is 0 Å². The lowest BCUT2D eigenvalue weighted by atomic mass is 9.99. The van der Waals surface area contributed by atoms with Gasteiger partial charge < -0.3 is 14.9 Å². The van der Waals surface area contributed by atoms with Crippen LogP contribution in [0.25, 0.3) is 0 Å². The lowest BCUT2D eigenvalue weighted by molar-refractivity contribution is -0.143. The molecule has 110 valence electrons. The number of carboxylic acid groups (broad SMARTS) is 1. The number of likely N-dealkylation sites (tertiary alicyclic amines) is 1. The first-order valence-corrected chi connectivity index (χ1v) is 8.17. The summed E-state index contributed by atoms with van der Waals surface area (Å²) in [5.41, 5.74) is 0. The van der Waals surface area contributed by atoms with Crippen LogP contribution in [-0.4, -0.2) is 74.0 Å². The second-order valence-corrected chi connectivity index (χ2v) is 7.22. The number of sulfone groups is 1. The molecule has 1 saturated heterocycles. The van der Waals surface area contributed by atoms with Crippen molar-refractivity contribution in [3.8, 4) is 0 Å². The van der Waals surface area contributed by atoms with Crippen molar-refractivity contribution in [2.45, 2.75) is 12.8 Å². The van der Waals surface area contributed by atoms with E-state index in [0.717, 1.165) is 6.26 Å². The summed E-state index contributed by atoms with van der Waals surface area (Å²) in [6.45, 7) is 0.828. The summed E-state index contributed by atoms with van der Waals surface area (Å²) >= 11 is 0. The molecule has 1 fully saturated rings. The van der Waals surface area contributed by atoms with Crippen LogP contribution in [0.15, 0.2) is 0 Å². The quantitative estimate of drug-likeness (QED) is 0.779. The van der Waals surface area contributed by atoms with Crippen LogP contribution in [0.1, 0.15) is 12.8 Å². The monoisotopic (exact) mass is 292 g/mol. The first-order chi connectivity index (χ1) is 8.70. The zero-order valence-corrected chi connectivity index (χ0v) is 12.0. The van der Waals surface area contributed by atoms with Crippen molar-refractivity contribution in [3.05, 3.63) is 0 Å². The number of hydrogen-bond acceptors (Lipinski definition) is 4. The fourth-order valence-corrected chi connectivity index (χ4v) is 2.60. The maximum absolute atomic E-state index is 12.0. The van der Waals surface area contributed by atoms with Gasteiger partial charge in [0.25, 0.3) is 0 Å². The Morgan fingerprint density at radius 1 is 1.42 bits per heavy atom. The molecule has 0 saturated carbocycles. The third-order valence-corrected chi connectivity index (χ3v) is 4.09. The molecule has 0 aromatic rings. The lowest BCUT2D eigenvalue weighted by Crippen LogP contribution is -2.48. The van der Waals surface area contributed by atoms with Crippen molar-refractivity contribution in [3.63, 3.8) is 0 Å². The van der Waals surface area contributed by atoms with Crippen molar-refractivity contribution in [1.29, 1.82) is 0 Å². The minimum absolute atomic E-state index is 0.0918. The van der Waals surface area contributed by atoms with Gasteiger partial charge in [-0.15, -0.1) is 0 Å². The molecule has 0 radical (unpaired) electrons. The maximum Gasteiger partial charge on any atom is 0.319 e. The summed E-state index contributed by atoms with van der Waals surface area (Å²) in [6, 6.07) is -0.311. The molecule has 1 atom stereocenters. The number of hydrogen-bond donors (Lipinski definition) is 1. The fraction of sp³-hybridized carbons (Fsp3) is 0.818. The predicted octanol–water partition coefficient (Wildman–Crippen LogP) is -0.121. The van der Waals surface area contributed by atoms with Crippen LogP contribution in [0.3, 0.4) is 0 Å². The molecule has 1 heterocycles. The van der Waals surface area contributed by atoms with E-state index in [9.17, 15) is 18.0 Å². The summed E-state index contributed by atoms with van der Waals surface area (Å²) in [4.78, 5) is 25.8. The number of nitrogens with zero attached hydrogens (tertiary/aromatic N) is 2. The van der Waals surface area contributed by atoms with Crippen LogP contribution < -0.4 is 0 Å². The Morgan fingerprint density at radius 3 is 2.58 bits per heavy atom. The molecule has 0 aliphatic carbocycles. The first kappa shape index (κ1) is 15.7. The Labute approximate surface area is 113 Å². The van der Waals surface area contributed by atoms with E-state index in [1.165, 1.54) is 16.8 Å². The number of carbonyl (C=O) groups is 2. The second kappa shape index (κ2) is 6.23. The third-order valence-electron chi connectivity index (χ3n) is 3.17. The van der Waals surface area contributed by atoms with Crippen LogP contribution in [-0.2, 0) is 14.6 Å². The Kier molecular flexibility index (Phi) is 5.16. The van der Waals surface area contributed by atoms with E-state index in [-0.39, 0.29) is 24.9 Å². The van der Waals surface area contributed by atoms with E-state index in [1.54, 1.807) is 0 Å². The number of urea groups is 1. The Morgan fingerprint density at radius 2 is 2.05 bits per heavy atom. The molecule has 0 spiro atoms. The van der Waals surface area contributed by atoms with Gasteiger partial charge in [0.1, 0.15) is 9.84 Å². The minimum Gasteiger partial charge on any atom is -0.481 e. The number of aliphatic carboxylic acids is 1. The summed E-state index contributed by atoms with van der Waals surface area (Å²) in [5.74, 6) is -1.51. The van der Waals surface area contributed by atoms with Crippen LogP contribution in [0.4, 0.5) is 4.79 Å². The van der Waals surface area contributed by atoms with E-state index in [1.807, 2.05) is 0 Å². The summed E-state index contributed by atoms with van der Waals surface area (Å²) in [7, 11) is -1.59. The van der Waals surface area contributed by atoms with E-state index in [0.29, 0.717) is 19.4 Å². The summed E-state index contributed by atoms with van der Waals surface area (Å²) in [5, 5.41) is 8.96. The molecule has 0 unspecified atom stereocenters. The van der Waals surface area contributed by atoms with Gasteiger partial charge in [-0.1, -0.05) is 0 Å². The van der Waals surface area contributed by atoms with Crippen molar-refractivity contribution in [2.24, 2.45) is 5.92 Å². The molecule has 7 nitrogen and oxygen atoms in total. The second-order valence-electron chi connectivity index (χ2n) is 4.96. The Bertz CT molecular complexity index is 448. The highest BCUT2D eigenvalue weighted by molar-refractivity contribution is 7.90. The first-order valence-electron chi connectivity index (χ1n) is 6.11. The predicted molar refractivity (Wildman–Crippen MR) is 69.7 cm³/mol. The average molecular weight is 292 g/mol. The van der Waals surface area contributed by atoms with E-state index < -0.39 is 21.7 Å². The van der Waals surface area contributed by atoms with Gasteiger partial charge in [0.15, 0.2) is 0 Å². The lowest BCUT2D eigenvalue weighted by Gasteiger charge is -2.33. The Hall–Kier alpha value is -1.31. The maximum atomic E-state index is 12.0. The van der Waals surface area contributed by atoms with Gasteiger partial charge in [0.2, 0.25) is 0 Å². The topological polar surface area (TPSA) is 95.0 Å². The van der Waals surface area contributed by atoms with E-state index in [2.05, 4.69) is 0 Å². The van der Waals surface area contributed by atoms with E-state index in [4.69, 9.17) is 5.11 Å². The summed E-state index contributed by atoms with van der Waals surface area (Å²) < 4.78 is 22.1. The third kappa shape index (κ3) is 5.06. The highest BCUT2D eigenvalue weighted by Gasteiger charge is 2.29. The number of carboxylic acids is 1. The zero-order valence-electron chi connectivity index (χ0n) is 11.2. The molecule has 0 bridgehead atoms. The van der Waals surface area contributed by atoms with Gasteiger partial charge in [-0.3, -0.25) is 4.79 Å². The number of rotatable bonds is 4. The molecular formula is C11H20N2O5S. The smallest absolute Gasteiger partial charge is 0.319 e. The normalized spacial score (nSPS) is 20.1. The molecule has 1 aliphatic heterocycles. The molecule has 1 N–H and O–H groups in total. The highest BCUT2D eigenvalue weighted by atomic mass is 32.2. The number of carbonyl (C=O) groups excluding carboxylic acids is 1. The van der Waals surface area contributed by atoms with Gasteiger partial charge >= 0.3 is 12.0 Å². The number of amides is 2. The van der Waals surface area contributed by atoms with Crippen LogP contribution in [0.5, 0.6) is 0 Å². The van der Waals surface area contributed by atoms with Crippen LogP contribution >= 0.6 is 0 Å². The van der Waals surface area contributed by atoms with Crippen molar-refractivity contribution in [2.75, 3.05) is 38.7 Å². The highest BCUT2D eigenvalue weighted by Crippen LogP contribution is 2.17. The molecule has 19 heavy (non-hydrogen) atoms. The van der Waals surface area contributed by atoms with Crippen molar-refractivity contribution < 1.29 is 23.1 Å². The van der Waals surface area contributed by atoms with Gasteiger partial charge in [-0.25, -0.2) is 13.2 Å². The molecular weight excluding hydrogens is 272 g/mol. The van der Waals surface area contributed by atoms with Gasteiger partial charge in [0, 0.05) is 32.9 Å². The Balaban J connectivity index is 2.54. The summed E-state index contributed by atoms with van der Waals surface area (Å²) in [6.07, 6.45) is 2.35. The number of piperidine rings is 1. The minimum atomic E-state index is -3.11. The molecule has 1 aliphatic rings. The van der Waals surface area contributed by atoms with Gasteiger partial charge in [-0.2, -0.15) is 0 Å². The van der Waals surface area contributed by atoms with Crippen molar-refractivity contribution in [1.82, 2.24) is 9.80 Å². The van der Waals surface area contributed by atoms with Gasteiger partial charge in [0.05, 0.1) is 11.7 Å². The SMILES string of the molecule is CN(CCS(C)(=O)=O)C(=O)N1CCC[C@H](C(=O)O)C1. The van der Waals surface area contributed by atoms with Crippen LogP contribution in [0, 0.1) is 5.92 Å². The average Bonchev–Trinajstić information content (AvgIpc) is 2.34. The molecule has 0 aromatic carbocycles. The fourth-order valence-electron chi connectivity index (χ4n) is 1.99.